The molecule has 0 saturated heterocycles. The Morgan fingerprint density at radius 3 is 3.18 bits per heavy atom. The number of nitrogens with zero attached hydrogens (tertiary/aromatic N) is 2. The average molecular weight is 264 g/mol. The maximum absolute atomic E-state index is 12.5. The van der Waals surface area contributed by atoms with Gasteiger partial charge in [0.2, 0.25) is 0 Å². The van der Waals surface area contributed by atoms with E-state index in [9.17, 15) is 4.79 Å². The molecule has 4 heterocycles. The van der Waals surface area contributed by atoms with Crippen LogP contribution in [0.5, 0.6) is 0 Å². The zero-order valence-electron chi connectivity index (χ0n) is 9.36. The van der Waals surface area contributed by atoms with Crippen LogP contribution in [-0.4, -0.2) is 15.3 Å². The van der Waals surface area contributed by atoms with E-state index in [0.29, 0.717) is 0 Å². The monoisotopic (exact) mass is 264 g/mol. The molecule has 2 aromatic rings. The third-order valence-electron chi connectivity index (χ3n) is 3.58. The number of hydrogen-bond acceptors (Lipinski definition) is 4. The van der Waals surface area contributed by atoms with Crippen molar-refractivity contribution in [3.8, 4) is 0 Å². The molecule has 88 valence electrons. The summed E-state index contributed by atoms with van der Waals surface area (Å²) in [6.07, 6.45) is 3.07. The molecule has 2 aromatic heterocycles. The van der Waals surface area contributed by atoms with E-state index in [1.165, 1.54) is 10.4 Å². The van der Waals surface area contributed by atoms with Crippen LogP contribution in [-0.2, 0) is 25.1 Å². The van der Waals surface area contributed by atoms with Crippen LogP contribution in [0.3, 0.4) is 0 Å². The van der Waals surface area contributed by atoms with Crippen molar-refractivity contribution < 1.29 is 0 Å². The van der Waals surface area contributed by atoms with Gasteiger partial charge in [-0.2, -0.15) is 11.8 Å². The molecule has 0 N–H and O–H groups in total. The molecule has 4 rings (SSSR count). The van der Waals surface area contributed by atoms with Gasteiger partial charge >= 0.3 is 0 Å². The molecule has 0 spiro atoms. The predicted molar refractivity (Wildman–Crippen MR) is 72.1 cm³/mol. The fourth-order valence-electron chi connectivity index (χ4n) is 2.76. The maximum Gasteiger partial charge on any atom is 0.262 e. The lowest BCUT2D eigenvalue weighted by Gasteiger charge is -2.10. The van der Waals surface area contributed by atoms with E-state index in [4.69, 9.17) is 4.98 Å². The van der Waals surface area contributed by atoms with Gasteiger partial charge in [-0.3, -0.25) is 9.36 Å². The Kier molecular flexibility index (Phi) is 2.14. The van der Waals surface area contributed by atoms with Crippen LogP contribution >= 0.6 is 23.1 Å². The standard InChI is InChI=1S/C12H12N2OS2/c15-12-10-7-3-5-16-6-8(7)17-11(10)13-9-2-1-4-14(9)12/h1-6H2. The molecule has 5 heteroatoms. The molecular weight excluding hydrogens is 252 g/mol. The first-order valence-electron chi connectivity index (χ1n) is 5.96. The van der Waals surface area contributed by atoms with E-state index in [0.717, 1.165) is 53.4 Å². The van der Waals surface area contributed by atoms with E-state index >= 15 is 0 Å². The zero-order valence-corrected chi connectivity index (χ0v) is 11.0. The molecule has 0 aromatic carbocycles. The molecular formula is C12H12N2OS2. The minimum atomic E-state index is 0.215. The van der Waals surface area contributed by atoms with Crippen LogP contribution in [0.15, 0.2) is 4.79 Å². The van der Waals surface area contributed by atoms with Crippen molar-refractivity contribution in [1.82, 2.24) is 9.55 Å². The Hall–Kier alpha value is -0.810. The van der Waals surface area contributed by atoms with Crippen molar-refractivity contribution in [1.29, 1.82) is 0 Å². The van der Waals surface area contributed by atoms with Crippen LogP contribution in [0.2, 0.25) is 0 Å². The lowest BCUT2D eigenvalue weighted by molar-refractivity contribution is 0.719. The fraction of sp³-hybridized carbons (Fsp3) is 0.500. The first-order chi connectivity index (χ1) is 8.34. The molecule has 2 aliphatic rings. The van der Waals surface area contributed by atoms with Crippen LogP contribution in [0, 0.1) is 0 Å². The Balaban J connectivity index is 2.12. The molecule has 2 aliphatic heterocycles. The normalized spacial score (nSPS) is 18.4. The number of aryl methyl sites for hydroxylation is 2. The summed E-state index contributed by atoms with van der Waals surface area (Å²) in [6, 6.07) is 0. The largest absolute Gasteiger partial charge is 0.296 e. The highest BCUT2D eigenvalue weighted by Gasteiger charge is 2.23. The van der Waals surface area contributed by atoms with Gasteiger partial charge in [0.05, 0.1) is 5.39 Å². The summed E-state index contributed by atoms with van der Waals surface area (Å²) in [4.78, 5) is 19.5. The van der Waals surface area contributed by atoms with Gasteiger partial charge in [-0.05, 0) is 24.2 Å². The smallest absolute Gasteiger partial charge is 0.262 e. The van der Waals surface area contributed by atoms with Crippen molar-refractivity contribution in [2.75, 3.05) is 5.75 Å². The number of aromatic nitrogens is 2. The molecule has 3 nitrogen and oxygen atoms in total. The molecule has 0 aliphatic carbocycles. The first-order valence-corrected chi connectivity index (χ1v) is 7.93. The highest BCUT2D eigenvalue weighted by atomic mass is 32.2. The lowest BCUT2D eigenvalue weighted by Crippen LogP contribution is -2.21. The van der Waals surface area contributed by atoms with Crippen molar-refractivity contribution in [3.05, 3.63) is 26.6 Å². The van der Waals surface area contributed by atoms with E-state index in [2.05, 4.69) is 0 Å². The highest BCUT2D eigenvalue weighted by Crippen LogP contribution is 2.35. The molecule has 0 bridgehead atoms. The van der Waals surface area contributed by atoms with Gasteiger partial charge in [0.1, 0.15) is 10.7 Å². The minimum absolute atomic E-state index is 0.215. The van der Waals surface area contributed by atoms with Crippen molar-refractivity contribution in [3.63, 3.8) is 0 Å². The highest BCUT2D eigenvalue weighted by molar-refractivity contribution is 7.98. The topological polar surface area (TPSA) is 34.9 Å². The number of fused-ring (bicyclic) bond motifs is 4. The Bertz CT molecular complexity index is 671. The van der Waals surface area contributed by atoms with E-state index < -0.39 is 0 Å². The van der Waals surface area contributed by atoms with Crippen LogP contribution < -0.4 is 5.56 Å². The molecule has 0 amide bonds. The van der Waals surface area contributed by atoms with Crippen molar-refractivity contribution >= 4 is 33.3 Å². The lowest BCUT2D eigenvalue weighted by atomic mass is 10.1. The summed E-state index contributed by atoms with van der Waals surface area (Å²) >= 11 is 3.70. The second-order valence-electron chi connectivity index (χ2n) is 4.57. The Morgan fingerprint density at radius 1 is 1.29 bits per heavy atom. The van der Waals surface area contributed by atoms with E-state index in [-0.39, 0.29) is 5.56 Å². The van der Waals surface area contributed by atoms with Crippen LogP contribution in [0.1, 0.15) is 22.7 Å². The maximum atomic E-state index is 12.5. The molecule has 0 radical (unpaired) electrons. The Morgan fingerprint density at radius 2 is 2.24 bits per heavy atom. The van der Waals surface area contributed by atoms with Crippen LogP contribution in [0.25, 0.3) is 10.2 Å². The zero-order chi connectivity index (χ0) is 11.4. The van der Waals surface area contributed by atoms with Gasteiger partial charge < -0.3 is 0 Å². The number of thioether (sulfide) groups is 1. The SMILES string of the molecule is O=c1c2c3c(sc2nc2n1CCC2)CSCC3. The van der Waals surface area contributed by atoms with E-state index in [1.54, 1.807) is 11.3 Å². The number of rotatable bonds is 0. The van der Waals surface area contributed by atoms with Gasteiger partial charge in [-0.25, -0.2) is 4.98 Å². The predicted octanol–water partition coefficient (Wildman–Crippen LogP) is 2.19. The third-order valence-corrected chi connectivity index (χ3v) is 5.88. The quantitative estimate of drug-likeness (QED) is 0.731. The third kappa shape index (κ3) is 1.35. The number of thiophene rings is 1. The molecule has 17 heavy (non-hydrogen) atoms. The summed E-state index contributed by atoms with van der Waals surface area (Å²) in [5.41, 5.74) is 1.51. The summed E-state index contributed by atoms with van der Waals surface area (Å²) < 4.78 is 1.89. The van der Waals surface area contributed by atoms with Gasteiger partial charge in [0, 0.05) is 23.6 Å². The minimum Gasteiger partial charge on any atom is -0.296 e. The van der Waals surface area contributed by atoms with Gasteiger partial charge in [-0.15, -0.1) is 11.3 Å². The molecule has 0 unspecified atom stereocenters. The molecule has 0 fully saturated rings. The molecule has 0 saturated carbocycles. The summed E-state index contributed by atoms with van der Waals surface area (Å²) in [7, 11) is 0. The summed E-state index contributed by atoms with van der Waals surface area (Å²) in [5, 5.41) is 0.927. The fourth-order valence-corrected chi connectivity index (χ4v) is 5.13. The second-order valence-corrected chi connectivity index (χ2v) is 6.76. The average Bonchev–Trinajstić information content (AvgIpc) is 2.92. The van der Waals surface area contributed by atoms with Crippen molar-refractivity contribution in [2.24, 2.45) is 0 Å². The van der Waals surface area contributed by atoms with Gasteiger partial charge in [0.15, 0.2) is 0 Å². The van der Waals surface area contributed by atoms with E-state index in [1.807, 2.05) is 16.3 Å². The van der Waals surface area contributed by atoms with Crippen LogP contribution in [0.4, 0.5) is 0 Å². The molecule has 0 atom stereocenters. The first kappa shape index (κ1) is 10.1. The Labute approximate surface area is 107 Å². The van der Waals surface area contributed by atoms with Gasteiger partial charge in [0.25, 0.3) is 5.56 Å². The number of hydrogen-bond donors (Lipinski definition) is 0. The van der Waals surface area contributed by atoms with Crippen molar-refractivity contribution in [2.45, 2.75) is 31.6 Å². The second kappa shape index (κ2) is 3.59. The summed E-state index contributed by atoms with van der Waals surface area (Å²) in [6.45, 7) is 0.858. The van der Waals surface area contributed by atoms with Gasteiger partial charge in [-0.1, -0.05) is 0 Å². The summed E-state index contributed by atoms with van der Waals surface area (Å²) in [5.74, 6) is 3.19.